The molecule has 0 spiro atoms. The average Bonchev–Trinajstić information content (AvgIpc) is 2.75. The Labute approximate surface area is 210 Å². The summed E-state index contributed by atoms with van der Waals surface area (Å²) >= 11 is 0. The highest BCUT2D eigenvalue weighted by Gasteiger charge is 2.35. The van der Waals surface area contributed by atoms with Gasteiger partial charge in [-0.15, -0.1) is 0 Å². The second-order valence-electron chi connectivity index (χ2n) is 9.52. The number of fused-ring (bicyclic) bond motifs is 1. The lowest BCUT2D eigenvalue weighted by Crippen LogP contribution is -2.43. The lowest BCUT2D eigenvalue weighted by Gasteiger charge is -2.35. The Morgan fingerprint density at radius 3 is 2.36 bits per heavy atom. The predicted molar refractivity (Wildman–Crippen MR) is 131 cm³/mol. The number of carbonyl (C=O) groups excluding carboxylic acids is 1. The van der Waals surface area contributed by atoms with Gasteiger partial charge in [0.2, 0.25) is 0 Å². The zero-order valence-corrected chi connectivity index (χ0v) is 22.1. The number of rotatable bonds is 8. The first kappa shape index (κ1) is 27.5. The molecule has 12 heteroatoms. The van der Waals surface area contributed by atoms with Crippen molar-refractivity contribution < 1.29 is 41.0 Å². The first-order chi connectivity index (χ1) is 16.6. The molecular formula is C24H29NO9S2. The summed E-state index contributed by atoms with van der Waals surface area (Å²) in [6.07, 6.45) is -0.0472. The number of esters is 1. The molecule has 0 radical (unpaired) electrons. The lowest BCUT2D eigenvalue weighted by molar-refractivity contribution is -0.154. The summed E-state index contributed by atoms with van der Waals surface area (Å²) < 4.78 is 63.7. The summed E-state index contributed by atoms with van der Waals surface area (Å²) in [6, 6.07) is 9.65. The fourth-order valence-electron chi connectivity index (χ4n) is 3.67. The summed E-state index contributed by atoms with van der Waals surface area (Å²) in [7, 11) is -7.94. The topological polar surface area (TPSA) is 144 Å². The van der Waals surface area contributed by atoms with Crippen molar-refractivity contribution in [1.29, 1.82) is 0 Å². The minimum absolute atomic E-state index is 0.0594. The number of hydrogen-bond donors (Lipinski definition) is 1. The molecule has 10 nitrogen and oxygen atoms in total. The molecule has 0 amide bonds. The number of nitrogens with zero attached hydrogens (tertiary/aromatic N) is 1. The number of anilines is 1. The highest BCUT2D eigenvalue weighted by Crippen LogP contribution is 2.39. The van der Waals surface area contributed by atoms with E-state index in [0.29, 0.717) is 5.56 Å². The number of aliphatic carboxylic acids is 1. The summed E-state index contributed by atoms with van der Waals surface area (Å²) in [6.45, 7) is 5.02. The van der Waals surface area contributed by atoms with E-state index >= 15 is 0 Å². The Hall–Kier alpha value is -3.12. The highest BCUT2D eigenvalue weighted by molar-refractivity contribution is 7.93. The Balaban J connectivity index is 2.04. The van der Waals surface area contributed by atoms with E-state index < -0.39 is 43.5 Å². The SMILES string of the molecule is CC(C)(C)OC(=O)Cc1ccc2c(c1)N(S(=O)(=O)c1cccc(S(C)(=O)=O)c1)C[C@H](CCC(=O)O)O2. The molecule has 1 atom stereocenters. The number of ether oxygens (including phenoxy) is 2. The minimum atomic E-state index is -4.28. The van der Waals surface area contributed by atoms with Crippen molar-refractivity contribution in [3.8, 4) is 5.75 Å². The van der Waals surface area contributed by atoms with Crippen molar-refractivity contribution in [2.75, 3.05) is 17.1 Å². The number of carboxylic acids is 1. The van der Waals surface area contributed by atoms with E-state index in [1.807, 2.05) is 0 Å². The molecule has 2 aromatic rings. The Kier molecular flexibility index (Phi) is 7.70. The molecule has 0 saturated carbocycles. The number of benzene rings is 2. The van der Waals surface area contributed by atoms with E-state index in [-0.39, 0.29) is 47.0 Å². The maximum Gasteiger partial charge on any atom is 0.310 e. The lowest BCUT2D eigenvalue weighted by atomic mass is 10.1. The summed E-state index contributed by atoms with van der Waals surface area (Å²) in [5, 5.41) is 9.06. The van der Waals surface area contributed by atoms with Crippen LogP contribution in [0.5, 0.6) is 5.75 Å². The predicted octanol–water partition coefficient (Wildman–Crippen LogP) is 2.80. The van der Waals surface area contributed by atoms with Gasteiger partial charge in [-0.25, -0.2) is 16.8 Å². The molecule has 0 aromatic heterocycles. The van der Waals surface area contributed by atoms with Crippen molar-refractivity contribution in [1.82, 2.24) is 0 Å². The first-order valence-electron chi connectivity index (χ1n) is 11.1. The van der Waals surface area contributed by atoms with Gasteiger partial charge in [-0.2, -0.15) is 0 Å². The molecule has 0 unspecified atom stereocenters. The second kappa shape index (κ2) is 10.1. The molecule has 3 rings (SSSR count). The van der Waals surface area contributed by atoms with E-state index in [9.17, 15) is 26.4 Å². The molecule has 1 N–H and O–H groups in total. The molecule has 0 fully saturated rings. The second-order valence-corrected chi connectivity index (χ2v) is 13.4. The van der Waals surface area contributed by atoms with Crippen LogP contribution in [0.4, 0.5) is 5.69 Å². The van der Waals surface area contributed by atoms with Crippen LogP contribution in [0.1, 0.15) is 39.2 Å². The average molecular weight is 540 g/mol. The fourth-order valence-corrected chi connectivity index (χ4v) is 5.95. The number of carbonyl (C=O) groups is 2. The molecule has 1 heterocycles. The van der Waals surface area contributed by atoms with Gasteiger partial charge in [0.05, 0.1) is 28.4 Å². The van der Waals surface area contributed by atoms with Gasteiger partial charge in [-0.05, 0) is 63.1 Å². The smallest absolute Gasteiger partial charge is 0.310 e. The Bertz CT molecular complexity index is 1380. The van der Waals surface area contributed by atoms with Crippen molar-refractivity contribution in [3.63, 3.8) is 0 Å². The summed E-state index contributed by atoms with van der Waals surface area (Å²) in [5.74, 6) is -1.34. The Morgan fingerprint density at radius 2 is 1.75 bits per heavy atom. The molecule has 1 aliphatic rings. The number of sulfonamides is 1. The third-order valence-electron chi connectivity index (χ3n) is 5.23. The zero-order chi connectivity index (χ0) is 26.9. The highest BCUT2D eigenvalue weighted by atomic mass is 32.2. The van der Waals surface area contributed by atoms with Gasteiger partial charge < -0.3 is 14.6 Å². The van der Waals surface area contributed by atoms with E-state index in [1.54, 1.807) is 26.8 Å². The number of sulfone groups is 1. The maximum absolute atomic E-state index is 13.7. The van der Waals surface area contributed by atoms with E-state index in [0.717, 1.165) is 16.6 Å². The third-order valence-corrected chi connectivity index (χ3v) is 8.11. The van der Waals surface area contributed by atoms with Gasteiger partial charge in [0.25, 0.3) is 10.0 Å². The van der Waals surface area contributed by atoms with Gasteiger partial charge in [0, 0.05) is 12.7 Å². The van der Waals surface area contributed by atoms with Crippen LogP contribution in [-0.2, 0) is 40.6 Å². The van der Waals surface area contributed by atoms with Gasteiger partial charge in [-0.3, -0.25) is 13.9 Å². The van der Waals surface area contributed by atoms with E-state index in [4.69, 9.17) is 14.6 Å². The van der Waals surface area contributed by atoms with Crippen LogP contribution in [-0.4, -0.2) is 58.4 Å². The minimum Gasteiger partial charge on any atom is -0.486 e. The first-order valence-corrected chi connectivity index (χ1v) is 14.5. The number of hydrogen-bond acceptors (Lipinski definition) is 8. The fraction of sp³-hybridized carbons (Fsp3) is 0.417. The molecule has 1 aliphatic heterocycles. The van der Waals surface area contributed by atoms with E-state index in [2.05, 4.69) is 0 Å². The van der Waals surface area contributed by atoms with Gasteiger partial charge >= 0.3 is 11.9 Å². The van der Waals surface area contributed by atoms with Crippen LogP contribution in [0.25, 0.3) is 0 Å². The van der Waals surface area contributed by atoms with Crippen LogP contribution in [0.15, 0.2) is 52.3 Å². The normalized spacial score (nSPS) is 16.1. The van der Waals surface area contributed by atoms with Crippen LogP contribution < -0.4 is 9.04 Å². The number of carboxylic acid groups (broad SMARTS) is 1. The molecule has 0 saturated heterocycles. The van der Waals surface area contributed by atoms with Crippen LogP contribution in [0.3, 0.4) is 0 Å². The van der Waals surface area contributed by atoms with Crippen molar-refractivity contribution in [3.05, 3.63) is 48.0 Å². The molecule has 0 bridgehead atoms. The maximum atomic E-state index is 13.7. The van der Waals surface area contributed by atoms with Crippen molar-refractivity contribution in [2.45, 2.75) is 61.5 Å². The van der Waals surface area contributed by atoms with E-state index in [1.165, 1.54) is 30.3 Å². The van der Waals surface area contributed by atoms with Gasteiger partial charge in [-0.1, -0.05) is 12.1 Å². The van der Waals surface area contributed by atoms with Crippen LogP contribution in [0.2, 0.25) is 0 Å². The van der Waals surface area contributed by atoms with Crippen LogP contribution in [0, 0.1) is 0 Å². The quantitative estimate of drug-likeness (QED) is 0.501. The largest absolute Gasteiger partial charge is 0.486 e. The molecule has 36 heavy (non-hydrogen) atoms. The van der Waals surface area contributed by atoms with Crippen molar-refractivity contribution >= 4 is 37.5 Å². The molecule has 196 valence electrons. The molecular weight excluding hydrogens is 510 g/mol. The Morgan fingerprint density at radius 1 is 1.08 bits per heavy atom. The molecule has 2 aromatic carbocycles. The van der Waals surface area contributed by atoms with Crippen molar-refractivity contribution in [2.24, 2.45) is 0 Å². The van der Waals surface area contributed by atoms with Crippen LogP contribution >= 0.6 is 0 Å². The summed E-state index contributed by atoms with van der Waals surface area (Å²) in [4.78, 5) is 23.0. The van der Waals surface area contributed by atoms with Gasteiger partial charge in [0.1, 0.15) is 17.5 Å². The summed E-state index contributed by atoms with van der Waals surface area (Å²) in [5.41, 5.74) is -0.0424. The van der Waals surface area contributed by atoms with Gasteiger partial charge in [0.15, 0.2) is 9.84 Å². The standard InChI is InChI=1S/C24H29NO9S2/c1-24(2,3)34-23(28)13-16-8-10-21-20(12-16)25(15-17(33-21)9-11-22(26)27)36(31,32)19-7-5-6-18(14-19)35(4,29)30/h5-8,10,12,14,17H,9,11,13,15H2,1-4H3,(H,26,27)/t17-/m0/s1. The molecule has 0 aliphatic carbocycles. The third kappa shape index (κ3) is 6.76. The zero-order valence-electron chi connectivity index (χ0n) is 20.4. The monoisotopic (exact) mass is 539 g/mol.